The fourth-order valence-corrected chi connectivity index (χ4v) is 3.50. The molecule has 173 valence electrons. The molecule has 11 heteroatoms. The number of carbonyl (C=O) groups is 2. The molecule has 1 aliphatic carbocycles. The van der Waals surface area contributed by atoms with E-state index in [0.29, 0.717) is 34.9 Å². The quantitative estimate of drug-likeness (QED) is 0.116. The van der Waals surface area contributed by atoms with Gasteiger partial charge in [0.2, 0.25) is 6.79 Å². The van der Waals surface area contributed by atoms with E-state index in [1.807, 2.05) is 6.07 Å². The van der Waals surface area contributed by atoms with E-state index in [2.05, 4.69) is 5.43 Å². The van der Waals surface area contributed by atoms with Gasteiger partial charge in [-0.3, -0.25) is 0 Å². The van der Waals surface area contributed by atoms with Crippen molar-refractivity contribution in [3.8, 4) is 0 Å². The van der Waals surface area contributed by atoms with Crippen LogP contribution in [0.25, 0.3) is 5.43 Å². The number of ether oxygens (including phenoxy) is 3. The predicted molar refractivity (Wildman–Crippen MR) is 115 cm³/mol. The number of benzene rings is 2. The molecule has 3 rings (SSSR count). The average molecular weight is 658 g/mol. The number of halogens is 2. The van der Waals surface area contributed by atoms with Crippen LogP contribution in [0, 0.1) is 0 Å². The number of nitrogens with zero attached hydrogens (tertiary/aromatic N) is 1. The van der Waals surface area contributed by atoms with Crippen LogP contribution in [0.5, 0.6) is 0 Å². The summed E-state index contributed by atoms with van der Waals surface area (Å²) in [5.74, 6) is 3.37. The van der Waals surface area contributed by atoms with E-state index in [-0.39, 0.29) is 32.1 Å². The Kier molecular flexibility index (Phi) is 9.81. The van der Waals surface area contributed by atoms with Gasteiger partial charge in [-0.05, 0) is 48.2 Å². The second-order valence-corrected chi connectivity index (χ2v) is 7.52. The molecule has 1 aliphatic rings. The number of hydrogen-bond acceptors (Lipinski definition) is 7. The van der Waals surface area contributed by atoms with Gasteiger partial charge < -0.3 is 31.2 Å². The third kappa shape index (κ3) is 6.60. The van der Waals surface area contributed by atoms with E-state index >= 15 is 0 Å². The summed E-state index contributed by atoms with van der Waals surface area (Å²) in [6.45, 7) is -0.630. The van der Waals surface area contributed by atoms with Crippen LogP contribution in [0.1, 0.15) is 27.9 Å². The maximum atomic E-state index is 12.2. The molecule has 2 aromatic carbocycles. The molecule has 0 aromatic heterocycles. The normalized spacial score (nSPS) is 15.4. The molecule has 1 unspecified atom stereocenters. The molecule has 0 bridgehead atoms. The molecule has 0 amide bonds. The van der Waals surface area contributed by atoms with Crippen LogP contribution in [0.4, 0.5) is 0 Å². The van der Waals surface area contributed by atoms with Crippen molar-refractivity contribution in [2.24, 2.45) is 11.6 Å². The van der Waals surface area contributed by atoms with Crippen molar-refractivity contribution in [2.75, 3.05) is 6.79 Å². The zero-order chi connectivity index (χ0) is 22.4. The van der Waals surface area contributed by atoms with Gasteiger partial charge in [-0.25, -0.2) is 9.59 Å². The summed E-state index contributed by atoms with van der Waals surface area (Å²) in [7, 11) is 0. The Morgan fingerprint density at radius 2 is 1.72 bits per heavy atom. The van der Waals surface area contributed by atoms with Crippen LogP contribution in [-0.2, 0) is 52.0 Å². The van der Waals surface area contributed by atoms with E-state index in [1.54, 1.807) is 36.4 Å². The summed E-state index contributed by atoms with van der Waals surface area (Å²) in [4.78, 5) is 24.1. The molecular weight excluding hydrogens is 637 g/mol. The molecule has 4 N–H and O–H groups in total. The van der Waals surface area contributed by atoms with Crippen molar-refractivity contribution in [1.82, 2.24) is 0 Å². The first-order valence-corrected chi connectivity index (χ1v) is 10.1. The second-order valence-electron chi connectivity index (χ2n) is 6.71. The fourth-order valence-electron chi connectivity index (χ4n) is 3.13. The van der Waals surface area contributed by atoms with Gasteiger partial charge in [0.1, 0.15) is 6.10 Å². The Hall–Kier alpha value is -2.29. The largest absolute Gasteiger partial charge is 0.615 e. The molecule has 0 heterocycles. The Morgan fingerprint density at radius 3 is 2.38 bits per heavy atom. The maximum absolute atomic E-state index is 12.2. The third-order valence-electron chi connectivity index (χ3n) is 4.66. The summed E-state index contributed by atoms with van der Waals surface area (Å²) in [6, 6.07) is 11.9. The van der Waals surface area contributed by atoms with Crippen LogP contribution in [0.2, 0.25) is 10.0 Å². The smallest absolute Gasteiger partial charge is 0.340 e. The number of carbonyl (C=O) groups excluding carboxylic acids is 2. The minimum Gasteiger partial charge on any atom is -0.615 e. The standard InChI is InChI=1S/C21H20Cl2N3O5.Ir/c22-16-9-13-6-7-15(8-14(13)10-17(16)23)31-19(24)18(26-25)21(28)30-11-29-20(27)12-4-2-1-3-5-12;/h1-5,9-10,15H,6-8,11,25H2,(H2,24,28);/q-1;. The van der Waals surface area contributed by atoms with Gasteiger partial charge in [0.05, 0.1) is 15.6 Å². The average Bonchev–Trinajstić information content (AvgIpc) is 2.76. The molecule has 2 aromatic rings. The molecule has 0 spiro atoms. The van der Waals surface area contributed by atoms with Crippen molar-refractivity contribution < 1.29 is 43.9 Å². The van der Waals surface area contributed by atoms with E-state index in [0.717, 1.165) is 11.1 Å². The zero-order valence-corrected chi connectivity index (χ0v) is 20.6. The minimum absolute atomic E-state index is 0. The first-order chi connectivity index (χ1) is 14.9. The number of fused-ring (bicyclic) bond motifs is 1. The van der Waals surface area contributed by atoms with Crippen LogP contribution in [0.3, 0.4) is 0 Å². The molecule has 8 nitrogen and oxygen atoms in total. The monoisotopic (exact) mass is 657 g/mol. The number of rotatable bonds is 7. The van der Waals surface area contributed by atoms with Crippen molar-refractivity contribution in [2.45, 2.75) is 25.4 Å². The van der Waals surface area contributed by atoms with Crippen molar-refractivity contribution >= 4 is 35.1 Å². The van der Waals surface area contributed by atoms with Gasteiger partial charge in [-0.15, -0.1) is 0 Å². The van der Waals surface area contributed by atoms with Gasteiger partial charge in [0.15, 0.2) is 5.88 Å². The Bertz CT molecular complexity index is 1000. The van der Waals surface area contributed by atoms with Gasteiger partial charge >= 0.3 is 11.9 Å². The summed E-state index contributed by atoms with van der Waals surface area (Å²) in [6.07, 6.45) is 1.56. The Morgan fingerprint density at radius 1 is 1.06 bits per heavy atom. The number of esters is 2. The molecule has 0 saturated heterocycles. The second kappa shape index (κ2) is 12.1. The molecule has 1 radical (unpaired) electrons. The number of nitrogens with two attached hydrogens (primary N) is 2. The Labute approximate surface area is 208 Å². The van der Waals surface area contributed by atoms with E-state index in [9.17, 15) is 9.59 Å². The van der Waals surface area contributed by atoms with E-state index in [4.69, 9.17) is 49.0 Å². The van der Waals surface area contributed by atoms with Crippen molar-refractivity contribution in [1.29, 1.82) is 0 Å². The summed E-state index contributed by atoms with van der Waals surface area (Å²) < 4.78 is 15.5. The summed E-state index contributed by atoms with van der Waals surface area (Å²) >= 11 is 12.1. The summed E-state index contributed by atoms with van der Waals surface area (Å²) in [5, 5.41) is 0.954. The van der Waals surface area contributed by atoms with Gasteiger partial charge in [0.25, 0.3) is 0 Å². The van der Waals surface area contributed by atoms with E-state index < -0.39 is 24.4 Å². The zero-order valence-electron chi connectivity index (χ0n) is 16.7. The number of hydrogen-bond donors (Lipinski definition) is 2. The molecule has 1 atom stereocenters. The molecule has 0 saturated carbocycles. The summed E-state index contributed by atoms with van der Waals surface area (Å²) in [5.41, 5.74) is 11.2. The molecule has 0 fully saturated rings. The van der Waals surface area contributed by atoms with Crippen LogP contribution >= 0.6 is 23.2 Å². The SMILES string of the molecule is N[N-]/C(C(=O)OCOC(=O)c1ccccc1)=C(\N)OC1CCc2cc(Cl)c(Cl)cc2C1.[Ir]. The van der Waals surface area contributed by atoms with Crippen LogP contribution < -0.4 is 11.6 Å². The Balaban J connectivity index is 0.00000363. The van der Waals surface area contributed by atoms with Gasteiger partial charge in [0, 0.05) is 32.2 Å². The van der Waals surface area contributed by atoms with Gasteiger partial charge in [-0.1, -0.05) is 41.4 Å². The van der Waals surface area contributed by atoms with Crippen molar-refractivity contribution in [3.05, 3.63) is 86.2 Å². The molecule has 0 aliphatic heterocycles. The van der Waals surface area contributed by atoms with Crippen molar-refractivity contribution in [3.63, 3.8) is 0 Å². The fraction of sp³-hybridized carbons (Fsp3) is 0.238. The third-order valence-corrected chi connectivity index (χ3v) is 5.39. The first-order valence-electron chi connectivity index (χ1n) is 9.32. The van der Waals surface area contributed by atoms with E-state index in [1.165, 1.54) is 0 Å². The molecule has 32 heavy (non-hydrogen) atoms. The molecular formula is C21H20Cl2IrN3O5-. The predicted octanol–water partition coefficient (Wildman–Crippen LogP) is 3.60. The first kappa shape index (κ1) is 26.0. The van der Waals surface area contributed by atoms with Crippen LogP contribution in [-0.4, -0.2) is 24.8 Å². The van der Waals surface area contributed by atoms with Crippen LogP contribution in [0.15, 0.2) is 54.0 Å². The number of aryl methyl sites for hydroxylation is 1. The van der Waals surface area contributed by atoms with Gasteiger partial charge in [-0.2, -0.15) is 0 Å². The minimum atomic E-state index is -0.980. The maximum Gasteiger partial charge on any atom is 0.340 e. The topological polar surface area (TPSA) is 128 Å².